The summed E-state index contributed by atoms with van der Waals surface area (Å²) in [5.74, 6) is -5.34. The number of hydroxylamine groups is 1. The number of alkyl halides is 7. The minimum atomic E-state index is -5.50. The lowest BCUT2D eigenvalue weighted by Crippen LogP contribution is -2.60. The third-order valence-electron chi connectivity index (χ3n) is 5.95. The Morgan fingerprint density at radius 1 is 1.16 bits per heavy atom. The first-order valence-corrected chi connectivity index (χ1v) is 12.2. The van der Waals surface area contributed by atoms with Crippen LogP contribution in [0.5, 0.6) is 0 Å². The van der Waals surface area contributed by atoms with Crippen LogP contribution in [0.3, 0.4) is 0 Å². The van der Waals surface area contributed by atoms with Gasteiger partial charge in [0.15, 0.2) is 17.3 Å². The normalized spacial score (nSPS) is 21.9. The molecule has 2 aliphatic rings. The molecule has 2 aliphatic heterocycles. The molecule has 1 aromatic heterocycles. The number of nitrogens with zero attached hydrogens (tertiary/aromatic N) is 2. The molecule has 206 valence electrons. The van der Waals surface area contributed by atoms with Gasteiger partial charge in [0, 0.05) is 34.4 Å². The van der Waals surface area contributed by atoms with Gasteiger partial charge in [-0.1, -0.05) is 0 Å². The van der Waals surface area contributed by atoms with E-state index in [1.165, 1.54) is 6.26 Å². The van der Waals surface area contributed by atoms with Gasteiger partial charge in [0.1, 0.15) is 5.75 Å². The molecule has 0 aliphatic carbocycles. The molecular formula is C22H16F9N3O3S. The number of hydrogen-bond donors (Lipinski definition) is 1. The third kappa shape index (κ3) is 4.86. The quantitative estimate of drug-likeness (QED) is 0.546. The summed E-state index contributed by atoms with van der Waals surface area (Å²) in [5, 5.41) is 0. The monoisotopic (exact) mass is 573 g/mol. The Labute approximate surface area is 210 Å². The molecule has 2 atom stereocenters. The highest BCUT2D eigenvalue weighted by molar-refractivity contribution is 7.85. The number of benzene rings is 1. The van der Waals surface area contributed by atoms with Crippen LogP contribution in [0.4, 0.5) is 39.5 Å². The summed E-state index contributed by atoms with van der Waals surface area (Å²) in [7, 11) is -1.42. The van der Waals surface area contributed by atoms with Gasteiger partial charge >= 0.3 is 12.4 Å². The van der Waals surface area contributed by atoms with Crippen molar-refractivity contribution >= 4 is 22.4 Å². The van der Waals surface area contributed by atoms with Crippen molar-refractivity contribution in [2.24, 2.45) is 0 Å². The van der Waals surface area contributed by atoms with Crippen LogP contribution in [0.1, 0.15) is 22.4 Å². The summed E-state index contributed by atoms with van der Waals surface area (Å²) in [6.07, 6.45) is -8.33. The average Bonchev–Trinajstić information content (AvgIpc) is 3.24. The lowest BCUT2D eigenvalue weighted by atomic mass is 9.89. The smallest absolute Gasteiger partial charge is 0.334 e. The van der Waals surface area contributed by atoms with Crippen LogP contribution < -0.4 is 5.48 Å². The first-order chi connectivity index (χ1) is 17.5. The van der Waals surface area contributed by atoms with Crippen LogP contribution in [-0.4, -0.2) is 51.3 Å². The highest BCUT2D eigenvalue weighted by Crippen LogP contribution is 2.49. The van der Waals surface area contributed by atoms with Crippen LogP contribution in [0.15, 0.2) is 36.5 Å². The van der Waals surface area contributed by atoms with Gasteiger partial charge in [-0.25, -0.2) is 13.2 Å². The van der Waals surface area contributed by atoms with E-state index in [0.29, 0.717) is 6.08 Å². The Balaban J connectivity index is 1.64. The molecule has 4 rings (SSSR count). The maximum absolute atomic E-state index is 15.1. The van der Waals surface area contributed by atoms with Gasteiger partial charge in [-0.3, -0.25) is 24.3 Å². The second kappa shape index (κ2) is 9.25. The van der Waals surface area contributed by atoms with Crippen LogP contribution in [0.2, 0.25) is 0 Å². The molecule has 38 heavy (non-hydrogen) atoms. The molecule has 1 N–H and O–H groups in total. The second-order valence-electron chi connectivity index (χ2n) is 8.68. The topological polar surface area (TPSA) is 71.5 Å². The van der Waals surface area contributed by atoms with E-state index >= 15 is 4.39 Å². The lowest BCUT2D eigenvalue weighted by Gasteiger charge is -2.43. The van der Waals surface area contributed by atoms with Gasteiger partial charge < -0.3 is 4.90 Å². The van der Waals surface area contributed by atoms with Crippen LogP contribution >= 0.6 is 0 Å². The molecule has 0 bridgehead atoms. The number of nitrogens with one attached hydrogen (secondary N) is 1. The van der Waals surface area contributed by atoms with Crippen molar-refractivity contribution in [1.82, 2.24) is 15.4 Å². The fourth-order valence-corrected chi connectivity index (χ4v) is 4.51. The van der Waals surface area contributed by atoms with E-state index in [1.807, 2.05) is 5.48 Å². The van der Waals surface area contributed by atoms with Gasteiger partial charge in [-0.05, 0) is 30.3 Å². The first-order valence-electron chi connectivity index (χ1n) is 10.5. The van der Waals surface area contributed by atoms with E-state index in [9.17, 15) is 44.1 Å². The molecular weight excluding hydrogens is 557 g/mol. The largest absolute Gasteiger partial charge is 0.428 e. The number of pyridine rings is 1. The molecule has 0 spiro atoms. The number of carbonyl (C=O) groups excluding carboxylic acids is 1. The van der Waals surface area contributed by atoms with Crippen molar-refractivity contribution in [3.05, 3.63) is 70.6 Å². The van der Waals surface area contributed by atoms with Crippen LogP contribution in [-0.2, 0) is 37.9 Å². The number of aromatic nitrogens is 1. The van der Waals surface area contributed by atoms with Gasteiger partial charge in [0.2, 0.25) is 11.5 Å². The maximum Gasteiger partial charge on any atom is 0.428 e. The van der Waals surface area contributed by atoms with E-state index < -0.39 is 68.8 Å². The van der Waals surface area contributed by atoms with Gasteiger partial charge in [0.25, 0.3) is 0 Å². The third-order valence-corrected chi connectivity index (χ3v) is 6.60. The lowest BCUT2D eigenvalue weighted by molar-refractivity contribution is -0.269. The predicted octanol–water partition coefficient (Wildman–Crippen LogP) is 4.10. The SMILES string of the molecule is CS(=O)CC(=O)N1CC(F)(c2ccc(C3=CC(c4cc(F)c(F)c(C(F)(F)F)c4)(C(F)(F)F)ON3)cn2)C1. The van der Waals surface area contributed by atoms with Crippen molar-refractivity contribution in [2.75, 3.05) is 25.1 Å². The van der Waals surface area contributed by atoms with Gasteiger partial charge in [-0.15, -0.1) is 0 Å². The van der Waals surface area contributed by atoms with Crippen molar-refractivity contribution in [1.29, 1.82) is 0 Å². The number of halogens is 9. The minimum absolute atomic E-state index is 0.0505. The molecule has 1 fully saturated rings. The Morgan fingerprint density at radius 2 is 1.82 bits per heavy atom. The molecule has 1 amide bonds. The summed E-state index contributed by atoms with van der Waals surface area (Å²) in [6, 6.07) is 2.03. The molecule has 1 saturated heterocycles. The van der Waals surface area contributed by atoms with Crippen LogP contribution in [0, 0.1) is 11.6 Å². The molecule has 16 heteroatoms. The number of rotatable bonds is 5. The number of likely N-dealkylation sites (tertiary alicyclic amines) is 1. The molecule has 2 unspecified atom stereocenters. The molecule has 1 aromatic carbocycles. The summed E-state index contributed by atoms with van der Waals surface area (Å²) in [4.78, 5) is 21.5. The zero-order valence-corrected chi connectivity index (χ0v) is 19.8. The second-order valence-corrected chi connectivity index (χ2v) is 10.1. The molecule has 3 heterocycles. The van der Waals surface area contributed by atoms with E-state index in [4.69, 9.17) is 0 Å². The number of hydrogen-bond acceptors (Lipinski definition) is 5. The van der Waals surface area contributed by atoms with Crippen molar-refractivity contribution in [3.63, 3.8) is 0 Å². The van der Waals surface area contributed by atoms with E-state index in [0.717, 1.165) is 23.2 Å². The van der Waals surface area contributed by atoms with Crippen molar-refractivity contribution in [2.45, 2.75) is 23.6 Å². The predicted molar refractivity (Wildman–Crippen MR) is 114 cm³/mol. The standard InChI is InChI=1S/C22H16F9N3O3S/c1-38(36)8-17(35)34-9-19(25,10-34)16-3-2-11(7-32-16)15-6-20(37-33-15,22(29,30)31)12-4-13(21(26,27)28)18(24)14(23)5-12/h2-7,33H,8-10H2,1H3. The van der Waals surface area contributed by atoms with E-state index in [-0.39, 0.29) is 42.2 Å². The molecule has 0 radical (unpaired) electrons. The molecule has 2 aromatic rings. The van der Waals surface area contributed by atoms with E-state index in [1.54, 1.807) is 0 Å². The van der Waals surface area contributed by atoms with Gasteiger partial charge in [0.05, 0.1) is 30.0 Å². The minimum Gasteiger partial charge on any atom is -0.334 e. The number of carbonyl (C=O) groups is 1. The maximum atomic E-state index is 15.1. The Hall–Kier alpha value is -3.14. The summed E-state index contributed by atoms with van der Waals surface area (Å²) >= 11 is 0. The molecule has 0 saturated carbocycles. The van der Waals surface area contributed by atoms with Gasteiger partial charge in [-0.2, -0.15) is 26.3 Å². The zero-order valence-electron chi connectivity index (χ0n) is 19.0. The fourth-order valence-electron chi connectivity index (χ4n) is 3.98. The summed E-state index contributed by atoms with van der Waals surface area (Å²) in [6.45, 7) is -0.761. The highest BCUT2D eigenvalue weighted by atomic mass is 32.2. The van der Waals surface area contributed by atoms with Crippen LogP contribution in [0.25, 0.3) is 5.70 Å². The van der Waals surface area contributed by atoms with Crippen molar-refractivity contribution in [3.8, 4) is 0 Å². The van der Waals surface area contributed by atoms with Crippen molar-refractivity contribution < 1.29 is 53.4 Å². The summed E-state index contributed by atoms with van der Waals surface area (Å²) < 4.78 is 135. The Bertz CT molecular complexity index is 1320. The van der Waals surface area contributed by atoms with E-state index in [2.05, 4.69) is 9.82 Å². The molecule has 6 nitrogen and oxygen atoms in total. The average molecular weight is 573 g/mol. The Morgan fingerprint density at radius 3 is 2.34 bits per heavy atom. The highest BCUT2D eigenvalue weighted by Gasteiger charge is 2.60. The Kier molecular flexibility index (Phi) is 6.79. The first kappa shape index (κ1) is 27.9. The fraction of sp³-hybridized carbons (Fsp3) is 0.364. The summed E-state index contributed by atoms with van der Waals surface area (Å²) in [5.41, 5.74) is -8.10. The zero-order chi connectivity index (χ0) is 28.3. The number of amides is 1.